The summed E-state index contributed by atoms with van der Waals surface area (Å²) >= 11 is 0. The number of aryl methyl sites for hydroxylation is 2. The first-order valence-electron chi connectivity index (χ1n) is 6.42. The van der Waals surface area contributed by atoms with Crippen molar-refractivity contribution in [3.05, 3.63) is 29.3 Å². The van der Waals surface area contributed by atoms with Gasteiger partial charge in [-0.05, 0) is 31.9 Å². The maximum absolute atomic E-state index is 12.4. The average molecular weight is 283 g/mol. The highest BCUT2D eigenvalue weighted by Gasteiger charge is 2.49. The van der Waals surface area contributed by atoms with Gasteiger partial charge in [0.25, 0.3) is 0 Å². The van der Waals surface area contributed by atoms with E-state index < -0.39 is 21.5 Å². The minimum atomic E-state index is -3.52. The summed E-state index contributed by atoms with van der Waals surface area (Å²) in [6, 6.07) is 5.07. The van der Waals surface area contributed by atoms with Crippen LogP contribution in [-0.4, -0.2) is 25.7 Å². The number of aliphatic hydroxyl groups excluding tert-OH is 1. The lowest BCUT2D eigenvalue weighted by molar-refractivity contribution is -0.0645. The maximum Gasteiger partial charge on any atom is 0.241 e. The van der Waals surface area contributed by atoms with Gasteiger partial charge in [0.2, 0.25) is 10.0 Å². The molecule has 5 heteroatoms. The molecule has 1 aromatic carbocycles. The molecule has 106 valence electrons. The van der Waals surface area contributed by atoms with Gasteiger partial charge in [-0.1, -0.05) is 31.5 Å². The van der Waals surface area contributed by atoms with Crippen molar-refractivity contribution < 1.29 is 13.5 Å². The number of nitrogens with one attached hydrogen (secondary N) is 1. The third-order valence-electron chi connectivity index (χ3n) is 4.13. The van der Waals surface area contributed by atoms with Crippen LogP contribution in [0, 0.1) is 19.3 Å². The molecule has 0 heterocycles. The summed E-state index contributed by atoms with van der Waals surface area (Å²) in [7, 11) is -3.52. The third-order valence-corrected chi connectivity index (χ3v) is 5.77. The quantitative estimate of drug-likeness (QED) is 0.888. The molecular weight excluding hydrogens is 262 g/mol. The SMILES string of the molecule is Cc1ccc(S(=O)(=O)NC2CC(O)C2(C)C)c(C)c1. The van der Waals surface area contributed by atoms with E-state index in [0.717, 1.165) is 11.1 Å². The van der Waals surface area contributed by atoms with E-state index >= 15 is 0 Å². The van der Waals surface area contributed by atoms with Gasteiger partial charge in [0.1, 0.15) is 0 Å². The molecule has 2 N–H and O–H groups in total. The number of rotatable bonds is 3. The highest BCUT2D eigenvalue weighted by molar-refractivity contribution is 7.89. The van der Waals surface area contributed by atoms with Gasteiger partial charge in [0.15, 0.2) is 0 Å². The first-order valence-corrected chi connectivity index (χ1v) is 7.90. The van der Waals surface area contributed by atoms with Gasteiger partial charge in [0.05, 0.1) is 11.0 Å². The van der Waals surface area contributed by atoms with Crippen molar-refractivity contribution in [1.29, 1.82) is 0 Å². The van der Waals surface area contributed by atoms with Crippen molar-refractivity contribution in [3.8, 4) is 0 Å². The predicted molar refractivity (Wildman–Crippen MR) is 74.4 cm³/mol. The molecular formula is C14H21NO3S. The number of hydrogen-bond donors (Lipinski definition) is 2. The van der Waals surface area contributed by atoms with E-state index in [4.69, 9.17) is 0 Å². The molecule has 4 nitrogen and oxygen atoms in total. The van der Waals surface area contributed by atoms with Crippen molar-refractivity contribution >= 4 is 10.0 Å². The van der Waals surface area contributed by atoms with E-state index in [9.17, 15) is 13.5 Å². The zero-order chi connectivity index (χ0) is 14.4. The van der Waals surface area contributed by atoms with Gasteiger partial charge in [-0.2, -0.15) is 0 Å². The molecule has 2 atom stereocenters. The molecule has 0 saturated heterocycles. The Balaban J connectivity index is 2.25. The highest BCUT2D eigenvalue weighted by atomic mass is 32.2. The summed E-state index contributed by atoms with van der Waals surface area (Å²) < 4.78 is 27.4. The van der Waals surface area contributed by atoms with Crippen molar-refractivity contribution in [2.24, 2.45) is 5.41 Å². The lowest BCUT2D eigenvalue weighted by Gasteiger charge is -2.49. The Morgan fingerprint density at radius 1 is 1.32 bits per heavy atom. The summed E-state index contributed by atoms with van der Waals surface area (Å²) in [5.74, 6) is 0. The first-order chi connectivity index (χ1) is 8.64. The van der Waals surface area contributed by atoms with Crippen LogP contribution in [0.2, 0.25) is 0 Å². The fraction of sp³-hybridized carbons (Fsp3) is 0.571. The second-order valence-corrected chi connectivity index (χ2v) is 7.70. The minimum Gasteiger partial charge on any atom is -0.392 e. The van der Waals surface area contributed by atoms with Gasteiger partial charge < -0.3 is 5.11 Å². The van der Waals surface area contributed by atoms with Gasteiger partial charge in [0, 0.05) is 11.5 Å². The van der Waals surface area contributed by atoms with Gasteiger partial charge in [-0.3, -0.25) is 0 Å². The second kappa shape index (κ2) is 4.58. The van der Waals surface area contributed by atoms with Crippen molar-refractivity contribution in [2.75, 3.05) is 0 Å². The van der Waals surface area contributed by atoms with E-state index in [2.05, 4.69) is 4.72 Å². The van der Waals surface area contributed by atoms with Crippen molar-refractivity contribution in [2.45, 2.75) is 51.2 Å². The van der Waals surface area contributed by atoms with Crippen LogP contribution < -0.4 is 4.72 Å². The standard InChI is InChI=1S/C14H21NO3S/c1-9-5-6-11(10(2)7-9)19(17,18)15-12-8-13(16)14(12,3)4/h5-7,12-13,15-16H,8H2,1-4H3. The van der Waals surface area contributed by atoms with Crippen LogP contribution in [-0.2, 0) is 10.0 Å². The van der Waals surface area contributed by atoms with Crippen LogP contribution >= 0.6 is 0 Å². The second-order valence-electron chi connectivity index (χ2n) is 6.02. The molecule has 0 aromatic heterocycles. The number of aliphatic hydroxyl groups is 1. The topological polar surface area (TPSA) is 66.4 Å². The highest BCUT2D eigenvalue weighted by Crippen LogP contribution is 2.41. The molecule has 1 saturated carbocycles. The lowest BCUT2D eigenvalue weighted by Crippen LogP contribution is -2.61. The summed E-state index contributed by atoms with van der Waals surface area (Å²) in [6.45, 7) is 7.47. The molecule has 19 heavy (non-hydrogen) atoms. The molecule has 0 radical (unpaired) electrons. The number of benzene rings is 1. The monoisotopic (exact) mass is 283 g/mol. The van der Waals surface area contributed by atoms with Gasteiger partial charge in [-0.25, -0.2) is 13.1 Å². The summed E-state index contributed by atoms with van der Waals surface area (Å²) in [5.41, 5.74) is 1.37. The van der Waals surface area contributed by atoms with Crippen LogP contribution in [0.15, 0.2) is 23.1 Å². The van der Waals surface area contributed by atoms with E-state index in [0.29, 0.717) is 11.3 Å². The van der Waals surface area contributed by atoms with E-state index in [-0.39, 0.29) is 6.04 Å². The van der Waals surface area contributed by atoms with Crippen molar-refractivity contribution in [3.63, 3.8) is 0 Å². The van der Waals surface area contributed by atoms with Crippen LogP contribution in [0.1, 0.15) is 31.4 Å². The fourth-order valence-electron chi connectivity index (χ4n) is 2.45. The Labute approximate surface area is 114 Å². The van der Waals surface area contributed by atoms with E-state index in [1.807, 2.05) is 26.8 Å². The molecule has 2 unspecified atom stereocenters. The summed E-state index contributed by atoms with van der Waals surface area (Å²) in [5, 5.41) is 9.67. The zero-order valence-corrected chi connectivity index (χ0v) is 12.6. The molecule has 0 amide bonds. The van der Waals surface area contributed by atoms with Crippen molar-refractivity contribution in [1.82, 2.24) is 4.72 Å². The molecule has 0 spiro atoms. The third kappa shape index (κ3) is 2.55. The average Bonchev–Trinajstić information content (AvgIpc) is 2.27. The van der Waals surface area contributed by atoms with Gasteiger partial charge >= 0.3 is 0 Å². The maximum atomic E-state index is 12.4. The minimum absolute atomic E-state index is 0.215. The van der Waals surface area contributed by atoms with E-state index in [1.165, 1.54) is 0 Å². The smallest absolute Gasteiger partial charge is 0.241 e. The zero-order valence-electron chi connectivity index (χ0n) is 11.8. The Hall–Kier alpha value is -0.910. The Morgan fingerprint density at radius 2 is 1.95 bits per heavy atom. The fourth-order valence-corrected chi connectivity index (χ4v) is 4.09. The largest absolute Gasteiger partial charge is 0.392 e. The molecule has 1 aliphatic rings. The summed E-state index contributed by atoms with van der Waals surface area (Å²) in [4.78, 5) is 0.315. The van der Waals surface area contributed by atoms with Crippen LogP contribution in [0.3, 0.4) is 0 Å². The van der Waals surface area contributed by atoms with Crippen LogP contribution in [0.4, 0.5) is 0 Å². The normalized spacial score (nSPS) is 25.9. The number of sulfonamides is 1. The molecule has 1 aliphatic carbocycles. The Bertz CT molecular complexity index is 593. The van der Waals surface area contributed by atoms with Crippen LogP contribution in [0.5, 0.6) is 0 Å². The van der Waals surface area contributed by atoms with Gasteiger partial charge in [-0.15, -0.1) is 0 Å². The molecule has 1 aromatic rings. The molecule has 2 rings (SSSR count). The Kier molecular flexibility index (Phi) is 3.49. The first kappa shape index (κ1) is 14.5. The Morgan fingerprint density at radius 3 is 2.42 bits per heavy atom. The lowest BCUT2D eigenvalue weighted by atomic mass is 9.65. The van der Waals surface area contributed by atoms with Crippen LogP contribution in [0.25, 0.3) is 0 Å². The van der Waals surface area contributed by atoms with E-state index in [1.54, 1.807) is 19.1 Å². The molecule has 0 aliphatic heterocycles. The molecule has 0 bridgehead atoms. The summed E-state index contributed by atoms with van der Waals surface area (Å²) in [6.07, 6.45) is 0.0243. The molecule has 1 fully saturated rings. The predicted octanol–water partition coefficient (Wildman–Crippen LogP) is 1.74. The number of hydrogen-bond acceptors (Lipinski definition) is 3.